The van der Waals surface area contributed by atoms with Crippen LogP contribution >= 0.6 is 23.1 Å². The van der Waals surface area contributed by atoms with Gasteiger partial charge < -0.3 is 10.2 Å². The molecule has 2 fully saturated rings. The SMILES string of the molecule is CN1/C(=N/c2ccc(CCNc3nc4ccc(F)cc4s3)cc2)SC2CCC[C@H]21. The van der Waals surface area contributed by atoms with Crippen molar-refractivity contribution in [3.63, 3.8) is 0 Å². The van der Waals surface area contributed by atoms with Gasteiger partial charge in [-0.25, -0.2) is 14.4 Å². The number of aromatic nitrogens is 1. The molecule has 0 spiro atoms. The number of amidine groups is 1. The van der Waals surface area contributed by atoms with Gasteiger partial charge in [-0.3, -0.25) is 0 Å². The number of hydrogen-bond donors (Lipinski definition) is 1. The van der Waals surface area contributed by atoms with Crippen molar-refractivity contribution < 1.29 is 4.39 Å². The Morgan fingerprint density at radius 1 is 1.21 bits per heavy atom. The molecule has 1 saturated carbocycles. The third-order valence-electron chi connectivity index (χ3n) is 5.68. The van der Waals surface area contributed by atoms with Crippen LogP contribution < -0.4 is 5.32 Å². The summed E-state index contributed by atoms with van der Waals surface area (Å²) >= 11 is 3.43. The molecule has 2 atom stereocenters. The second-order valence-corrected chi connectivity index (χ2v) is 9.87. The Labute approximate surface area is 178 Å². The molecule has 5 rings (SSSR count). The minimum absolute atomic E-state index is 0.221. The number of anilines is 1. The van der Waals surface area contributed by atoms with Crippen LogP contribution in [0.3, 0.4) is 0 Å². The van der Waals surface area contributed by atoms with Crippen LogP contribution in [0.5, 0.6) is 0 Å². The molecule has 1 aliphatic heterocycles. The summed E-state index contributed by atoms with van der Waals surface area (Å²) in [6.45, 7) is 0.790. The molecule has 1 unspecified atom stereocenters. The summed E-state index contributed by atoms with van der Waals surface area (Å²) < 4.78 is 14.2. The van der Waals surface area contributed by atoms with Crippen molar-refractivity contribution in [3.8, 4) is 0 Å². The third-order valence-corrected chi connectivity index (χ3v) is 8.09. The fourth-order valence-electron chi connectivity index (χ4n) is 4.09. The Bertz CT molecular complexity index is 1050. The van der Waals surface area contributed by atoms with E-state index in [4.69, 9.17) is 4.99 Å². The van der Waals surface area contributed by atoms with E-state index in [0.717, 1.165) is 44.4 Å². The van der Waals surface area contributed by atoms with E-state index >= 15 is 0 Å². The van der Waals surface area contributed by atoms with Crippen molar-refractivity contribution in [1.29, 1.82) is 0 Å². The van der Waals surface area contributed by atoms with Crippen molar-refractivity contribution in [3.05, 3.63) is 53.8 Å². The number of rotatable bonds is 5. The first-order valence-corrected chi connectivity index (χ1v) is 11.7. The normalized spacial score (nSPS) is 22.6. The molecule has 150 valence electrons. The molecular formula is C22H23FN4S2. The van der Waals surface area contributed by atoms with Crippen molar-refractivity contribution >= 4 is 49.3 Å². The molecule has 3 aromatic rings. The van der Waals surface area contributed by atoms with E-state index in [1.807, 2.05) is 11.8 Å². The molecule has 1 aromatic heterocycles. The summed E-state index contributed by atoms with van der Waals surface area (Å²) in [7, 11) is 2.18. The second-order valence-electron chi connectivity index (χ2n) is 7.63. The fourth-order valence-corrected chi connectivity index (χ4v) is 6.50. The zero-order valence-corrected chi connectivity index (χ0v) is 17.9. The number of hydrogen-bond acceptors (Lipinski definition) is 5. The number of thiazole rings is 1. The van der Waals surface area contributed by atoms with Gasteiger partial charge in [0.15, 0.2) is 10.3 Å². The third kappa shape index (κ3) is 3.98. The zero-order valence-electron chi connectivity index (χ0n) is 16.3. The Kier molecular flexibility index (Phi) is 5.18. The smallest absolute Gasteiger partial charge is 0.183 e. The minimum Gasteiger partial charge on any atom is -0.361 e. The summed E-state index contributed by atoms with van der Waals surface area (Å²) in [5, 5.41) is 6.06. The van der Waals surface area contributed by atoms with Crippen LogP contribution in [0.15, 0.2) is 47.5 Å². The first-order valence-electron chi connectivity index (χ1n) is 10.0. The summed E-state index contributed by atoms with van der Waals surface area (Å²) in [5.74, 6) is -0.221. The Morgan fingerprint density at radius 2 is 2.07 bits per heavy atom. The molecule has 1 saturated heterocycles. The first-order chi connectivity index (χ1) is 14.2. The van der Waals surface area contributed by atoms with Crippen LogP contribution in [0, 0.1) is 5.82 Å². The number of thioether (sulfide) groups is 1. The Hall–Kier alpha value is -2.12. The van der Waals surface area contributed by atoms with Gasteiger partial charge in [-0.15, -0.1) is 0 Å². The molecule has 2 heterocycles. The first kappa shape index (κ1) is 18.9. The number of fused-ring (bicyclic) bond motifs is 2. The number of nitrogens with zero attached hydrogens (tertiary/aromatic N) is 3. The van der Waals surface area contributed by atoms with Crippen molar-refractivity contribution in [2.75, 3.05) is 18.9 Å². The lowest BCUT2D eigenvalue weighted by Gasteiger charge is -2.19. The average Bonchev–Trinajstić information content (AvgIpc) is 3.40. The fraction of sp³-hybridized carbons (Fsp3) is 0.364. The van der Waals surface area contributed by atoms with Gasteiger partial charge in [0, 0.05) is 24.9 Å². The highest BCUT2D eigenvalue weighted by Crippen LogP contribution is 2.41. The van der Waals surface area contributed by atoms with Crippen LogP contribution in [0.25, 0.3) is 10.2 Å². The van der Waals surface area contributed by atoms with Crippen molar-refractivity contribution in [2.45, 2.75) is 37.0 Å². The summed E-state index contributed by atoms with van der Waals surface area (Å²) in [6, 6.07) is 13.9. The quantitative estimate of drug-likeness (QED) is 0.570. The van der Waals surface area contributed by atoms with Gasteiger partial charge in [-0.1, -0.05) is 41.7 Å². The Balaban J connectivity index is 1.18. The number of benzene rings is 2. The summed E-state index contributed by atoms with van der Waals surface area (Å²) in [5.41, 5.74) is 3.11. The van der Waals surface area contributed by atoms with Crippen molar-refractivity contribution in [1.82, 2.24) is 9.88 Å². The highest BCUT2D eigenvalue weighted by molar-refractivity contribution is 8.14. The van der Waals surface area contributed by atoms with Crippen LogP contribution in [0.1, 0.15) is 24.8 Å². The van der Waals surface area contributed by atoms with Crippen molar-refractivity contribution in [2.24, 2.45) is 4.99 Å². The van der Waals surface area contributed by atoms with Gasteiger partial charge in [-0.2, -0.15) is 0 Å². The standard InChI is InChI=1S/C22H23FN4S2/c1-27-18-3-2-4-19(18)29-22(27)25-16-8-5-14(6-9-16)11-12-24-21-26-17-10-7-15(23)13-20(17)28-21/h5-10,13,18-19H,2-4,11-12H2,1H3,(H,24,26)/b25-22-/t18-,19?/m1/s1. The van der Waals surface area contributed by atoms with Gasteiger partial charge in [0.1, 0.15) is 5.82 Å². The minimum atomic E-state index is -0.221. The van der Waals surface area contributed by atoms with E-state index in [1.165, 1.54) is 48.3 Å². The van der Waals surface area contributed by atoms with E-state index < -0.39 is 0 Å². The van der Waals surface area contributed by atoms with E-state index in [1.54, 1.807) is 6.07 Å². The number of nitrogens with one attached hydrogen (secondary N) is 1. The van der Waals surface area contributed by atoms with Crippen LogP contribution in [-0.4, -0.2) is 39.9 Å². The van der Waals surface area contributed by atoms with E-state index in [-0.39, 0.29) is 5.82 Å². The molecule has 7 heteroatoms. The molecular weight excluding hydrogens is 403 g/mol. The zero-order chi connectivity index (χ0) is 19.8. The molecule has 0 radical (unpaired) electrons. The highest BCUT2D eigenvalue weighted by atomic mass is 32.2. The molecule has 4 nitrogen and oxygen atoms in total. The van der Waals surface area contributed by atoms with Gasteiger partial charge >= 0.3 is 0 Å². The van der Waals surface area contributed by atoms with Crippen LogP contribution in [0.2, 0.25) is 0 Å². The topological polar surface area (TPSA) is 40.5 Å². The lowest BCUT2D eigenvalue weighted by Crippen LogP contribution is -2.30. The second kappa shape index (κ2) is 7.95. The van der Waals surface area contributed by atoms with Gasteiger partial charge in [0.25, 0.3) is 0 Å². The van der Waals surface area contributed by atoms with Gasteiger partial charge in [0.05, 0.1) is 15.9 Å². The molecule has 0 amide bonds. The summed E-state index contributed by atoms with van der Waals surface area (Å²) in [6.07, 6.45) is 4.85. The molecule has 2 aromatic carbocycles. The maximum atomic E-state index is 13.3. The lowest BCUT2D eigenvalue weighted by molar-refractivity contribution is 0.397. The number of halogens is 1. The largest absolute Gasteiger partial charge is 0.361 e. The molecule has 2 aliphatic rings. The maximum absolute atomic E-state index is 13.3. The molecule has 29 heavy (non-hydrogen) atoms. The van der Waals surface area contributed by atoms with E-state index in [0.29, 0.717) is 6.04 Å². The number of aliphatic imine (C=N–C) groups is 1. The summed E-state index contributed by atoms with van der Waals surface area (Å²) in [4.78, 5) is 11.7. The molecule has 1 aliphatic carbocycles. The van der Waals surface area contributed by atoms with Gasteiger partial charge in [0.2, 0.25) is 0 Å². The average molecular weight is 427 g/mol. The Morgan fingerprint density at radius 3 is 2.90 bits per heavy atom. The maximum Gasteiger partial charge on any atom is 0.183 e. The predicted molar refractivity (Wildman–Crippen MR) is 122 cm³/mol. The van der Waals surface area contributed by atoms with Crippen LogP contribution in [0.4, 0.5) is 15.2 Å². The molecule has 1 N–H and O–H groups in total. The van der Waals surface area contributed by atoms with Crippen LogP contribution in [-0.2, 0) is 6.42 Å². The van der Waals surface area contributed by atoms with E-state index in [9.17, 15) is 4.39 Å². The monoisotopic (exact) mass is 426 g/mol. The molecule has 0 bridgehead atoms. The highest BCUT2D eigenvalue weighted by Gasteiger charge is 2.39. The van der Waals surface area contributed by atoms with Gasteiger partial charge in [-0.05, 0) is 55.2 Å². The lowest BCUT2D eigenvalue weighted by atomic mass is 10.1. The predicted octanol–water partition coefficient (Wildman–Crippen LogP) is 5.68. The van der Waals surface area contributed by atoms with E-state index in [2.05, 4.69) is 46.5 Å².